The molecule has 1 aromatic carbocycles. The molecule has 1 rings (SSSR count). The summed E-state index contributed by atoms with van der Waals surface area (Å²) in [5.74, 6) is 0. The van der Waals surface area contributed by atoms with E-state index in [0.29, 0.717) is 6.54 Å². The van der Waals surface area contributed by atoms with E-state index in [1.54, 1.807) is 20.8 Å². The molecule has 5 heteroatoms. The van der Waals surface area contributed by atoms with Crippen LogP contribution in [-0.2, 0) is 6.54 Å². The first-order chi connectivity index (χ1) is 11.2. The Morgan fingerprint density at radius 2 is 1.12 bits per heavy atom. The summed E-state index contributed by atoms with van der Waals surface area (Å²) in [6.45, 7) is 11.3. The SMILES string of the molecule is CCC(C)[O-].CCC(C)[O-].CCC(C)[O-].NCc1cccc[c]1[Sn+3]. The maximum atomic E-state index is 9.90. The second kappa shape index (κ2) is 20.9. The van der Waals surface area contributed by atoms with Gasteiger partial charge >= 0.3 is 68.2 Å². The van der Waals surface area contributed by atoms with E-state index in [2.05, 4.69) is 12.1 Å². The minimum atomic E-state index is -0.366. The van der Waals surface area contributed by atoms with Gasteiger partial charge in [-0.2, -0.15) is 0 Å². The molecule has 0 aliphatic carbocycles. The van der Waals surface area contributed by atoms with E-state index in [0.717, 1.165) is 19.3 Å². The van der Waals surface area contributed by atoms with Gasteiger partial charge < -0.3 is 15.3 Å². The van der Waals surface area contributed by atoms with Crippen LogP contribution in [0, 0.1) is 0 Å². The van der Waals surface area contributed by atoms with Crippen molar-refractivity contribution in [3.05, 3.63) is 29.8 Å². The van der Waals surface area contributed by atoms with E-state index < -0.39 is 0 Å². The number of hydrogen-bond donors (Lipinski definition) is 1. The molecule has 0 saturated heterocycles. The number of nitrogens with two attached hydrogens (primary N) is 1. The quantitative estimate of drug-likeness (QED) is 0.680. The van der Waals surface area contributed by atoms with Crippen molar-refractivity contribution in [2.45, 2.75) is 85.7 Å². The van der Waals surface area contributed by atoms with E-state index in [1.165, 1.54) is 31.7 Å². The average Bonchev–Trinajstić information content (AvgIpc) is 2.56. The Morgan fingerprint density at radius 3 is 1.29 bits per heavy atom. The molecule has 3 unspecified atom stereocenters. The van der Waals surface area contributed by atoms with Gasteiger partial charge in [-0.1, -0.05) is 60.8 Å². The van der Waals surface area contributed by atoms with Crippen LogP contribution in [0.25, 0.3) is 0 Å². The Kier molecular flexibility index (Phi) is 25.0. The average molecular weight is 444 g/mol. The third-order valence-electron chi connectivity index (χ3n) is 2.96. The van der Waals surface area contributed by atoms with Crippen LogP contribution in [-0.4, -0.2) is 40.8 Å². The summed E-state index contributed by atoms with van der Waals surface area (Å²) < 4.78 is 1.37. The van der Waals surface area contributed by atoms with Gasteiger partial charge in [-0.05, 0) is 0 Å². The molecule has 0 amide bonds. The Hall–Kier alpha value is -0.141. The second-order valence-electron chi connectivity index (χ2n) is 5.52. The molecule has 138 valence electrons. The fourth-order valence-corrected chi connectivity index (χ4v) is 1.50. The molecule has 3 atom stereocenters. The summed E-state index contributed by atoms with van der Waals surface area (Å²) >= 11 is 1.45. The van der Waals surface area contributed by atoms with E-state index in [1.807, 2.05) is 32.9 Å². The standard InChI is InChI=1S/C7H8N.3C4H9O.Sn/c8-6-7-4-2-1-3-5-7;3*1-3-4(2)5;/h1-4H,6,8H2;3*4H,3H2,1-2H3;/q;3*-1;+3. The summed E-state index contributed by atoms with van der Waals surface area (Å²) in [5.41, 5.74) is 6.74. The van der Waals surface area contributed by atoms with Gasteiger partial charge in [-0.15, -0.1) is 18.3 Å². The molecule has 0 bridgehead atoms. The molecule has 0 aliphatic rings. The number of rotatable bonds is 4. The van der Waals surface area contributed by atoms with Crippen LogP contribution in [0.4, 0.5) is 0 Å². The van der Waals surface area contributed by atoms with Crippen LogP contribution in [0.2, 0.25) is 0 Å². The molecule has 0 aromatic heterocycles. The molecule has 4 nitrogen and oxygen atoms in total. The Bertz CT molecular complexity index is 339. The number of benzene rings is 1. The van der Waals surface area contributed by atoms with Crippen LogP contribution in [0.5, 0.6) is 0 Å². The van der Waals surface area contributed by atoms with Crippen molar-refractivity contribution in [2.24, 2.45) is 5.73 Å². The molecule has 0 heterocycles. The van der Waals surface area contributed by atoms with Crippen molar-refractivity contribution >= 4 is 26.1 Å². The van der Waals surface area contributed by atoms with Gasteiger partial charge in [-0.25, -0.2) is 0 Å². The van der Waals surface area contributed by atoms with Crippen LogP contribution in [0.3, 0.4) is 0 Å². The second-order valence-corrected chi connectivity index (χ2v) is 7.06. The first-order valence-electron chi connectivity index (χ1n) is 8.62. The zero-order valence-electron chi connectivity index (χ0n) is 16.2. The van der Waals surface area contributed by atoms with Gasteiger partial charge in [0.2, 0.25) is 0 Å². The molecule has 24 heavy (non-hydrogen) atoms. The van der Waals surface area contributed by atoms with Crippen LogP contribution >= 0.6 is 0 Å². The summed E-state index contributed by atoms with van der Waals surface area (Å²) in [6, 6.07) is 8.25. The molecular weight excluding hydrogens is 409 g/mol. The first kappa shape index (κ1) is 28.7. The van der Waals surface area contributed by atoms with Gasteiger partial charge in [0.15, 0.2) is 0 Å². The third-order valence-corrected chi connectivity index (χ3v) is 4.35. The van der Waals surface area contributed by atoms with Gasteiger partial charge in [0.05, 0.1) is 0 Å². The van der Waals surface area contributed by atoms with E-state index >= 15 is 0 Å². The monoisotopic (exact) mass is 445 g/mol. The van der Waals surface area contributed by atoms with Gasteiger partial charge in [0.25, 0.3) is 0 Å². The third kappa shape index (κ3) is 26.7. The number of hydrogen-bond acceptors (Lipinski definition) is 4. The van der Waals surface area contributed by atoms with E-state index in [-0.39, 0.29) is 18.3 Å². The maximum absolute atomic E-state index is 9.90. The summed E-state index contributed by atoms with van der Waals surface area (Å²) in [4.78, 5) is 0. The Labute approximate surface area is 162 Å². The fraction of sp³-hybridized carbons (Fsp3) is 0.684. The predicted octanol–water partition coefficient (Wildman–Crippen LogP) is 0.375. The van der Waals surface area contributed by atoms with E-state index in [9.17, 15) is 15.3 Å². The summed E-state index contributed by atoms with van der Waals surface area (Å²) in [7, 11) is 0. The Balaban J connectivity index is -0.000000259. The zero-order valence-corrected chi connectivity index (χ0v) is 19.0. The van der Waals surface area contributed by atoms with Crippen molar-refractivity contribution in [3.8, 4) is 0 Å². The summed E-state index contributed by atoms with van der Waals surface area (Å²) in [6.07, 6.45) is 1.15. The van der Waals surface area contributed by atoms with Crippen molar-refractivity contribution in [3.63, 3.8) is 0 Å². The van der Waals surface area contributed by atoms with Crippen molar-refractivity contribution < 1.29 is 15.3 Å². The summed E-state index contributed by atoms with van der Waals surface area (Å²) in [5, 5.41) is 29.7. The predicted molar refractivity (Wildman–Crippen MR) is 99.0 cm³/mol. The van der Waals surface area contributed by atoms with Crippen molar-refractivity contribution in [2.75, 3.05) is 0 Å². The minimum absolute atomic E-state index is 0.366. The molecule has 2 N–H and O–H groups in total. The first-order valence-corrected chi connectivity index (χ1v) is 10.1. The van der Waals surface area contributed by atoms with Crippen LogP contribution in [0.15, 0.2) is 24.3 Å². The molecule has 0 radical (unpaired) electrons. The molecule has 0 spiro atoms. The molecular formula is C19H35NO3Sn. The van der Waals surface area contributed by atoms with Crippen LogP contribution in [0.1, 0.15) is 66.4 Å². The normalized spacial score (nSPS) is 13.0. The van der Waals surface area contributed by atoms with Gasteiger partial charge in [-0.3, -0.25) is 0 Å². The van der Waals surface area contributed by atoms with Crippen LogP contribution < -0.4 is 24.6 Å². The Morgan fingerprint density at radius 1 is 0.833 bits per heavy atom. The van der Waals surface area contributed by atoms with Crippen molar-refractivity contribution in [1.82, 2.24) is 0 Å². The topological polar surface area (TPSA) is 95.2 Å². The molecule has 0 saturated carbocycles. The molecule has 1 aromatic rings. The van der Waals surface area contributed by atoms with Gasteiger partial charge in [0, 0.05) is 0 Å². The molecule has 0 aliphatic heterocycles. The molecule has 0 fully saturated rings. The fourth-order valence-electron chi connectivity index (χ4n) is 0.698. The van der Waals surface area contributed by atoms with E-state index in [4.69, 9.17) is 5.73 Å². The van der Waals surface area contributed by atoms with Gasteiger partial charge in [0.1, 0.15) is 0 Å². The van der Waals surface area contributed by atoms with Crippen molar-refractivity contribution in [1.29, 1.82) is 0 Å². The zero-order chi connectivity index (χ0) is 19.5.